The van der Waals surface area contributed by atoms with E-state index in [1.165, 1.54) is 0 Å². The highest BCUT2D eigenvalue weighted by Crippen LogP contribution is 2.09. The molecule has 0 aliphatic carbocycles. The van der Waals surface area contributed by atoms with Gasteiger partial charge in [-0.15, -0.1) is 0 Å². The Bertz CT molecular complexity index is 539. The second-order valence-corrected chi connectivity index (χ2v) is 6.45. The summed E-state index contributed by atoms with van der Waals surface area (Å²) in [5.41, 5.74) is 2.01. The van der Waals surface area contributed by atoms with Gasteiger partial charge in [0.2, 0.25) is 0 Å². The Kier molecular flexibility index (Phi) is 7.06. The fraction of sp³-hybridized carbons (Fsp3) is 0.688. The number of amides is 2. The molecule has 0 spiro atoms. The van der Waals surface area contributed by atoms with Gasteiger partial charge in [-0.1, -0.05) is 13.8 Å². The van der Waals surface area contributed by atoms with Gasteiger partial charge < -0.3 is 15.3 Å². The van der Waals surface area contributed by atoms with Crippen molar-refractivity contribution in [2.45, 2.75) is 53.1 Å². The van der Waals surface area contributed by atoms with Gasteiger partial charge in [0.15, 0.2) is 0 Å². The first-order valence-electron chi connectivity index (χ1n) is 7.93. The van der Waals surface area contributed by atoms with E-state index in [0.29, 0.717) is 25.4 Å². The Labute approximate surface area is 137 Å². The second-order valence-electron chi connectivity index (χ2n) is 6.45. The summed E-state index contributed by atoms with van der Waals surface area (Å²) in [4.78, 5) is 24.7. The highest BCUT2D eigenvalue weighted by Gasteiger charge is 2.19. The van der Waals surface area contributed by atoms with Gasteiger partial charge in [0.05, 0.1) is 18.7 Å². The topological polar surface area (TPSA) is 87.5 Å². The molecule has 2 amide bonds. The Morgan fingerprint density at radius 1 is 1.39 bits per heavy atom. The number of rotatable bonds is 8. The summed E-state index contributed by atoms with van der Waals surface area (Å²) in [7, 11) is 1.70. The first kappa shape index (κ1) is 19.0. The van der Waals surface area contributed by atoms with Crippen molar-refractivity contribution < 1.29 is 14.7 Å². The summed E-state index contributed by atoms with van der Waals surface area (Å²) in [6.45, 7) is 9.04. The Morgan fingerprint density at radius 3 is 2.52 bits per heavy atom. The third kappa shape index (κ3) is 6.71. The van der Waals surface area contributed by atoms with E-state index in [4.69, 9.17) is 5.11 Å². The average molecular weight is 324 g/mol. The molecule has 1 atom stereocenters. The minimum atomic E-state index is -0.902. The quantitative estimate of drug-likeness (QED) is 0.766. The zero-order valence-corrected chi connectivity index (χ0v) is 14.7. The number of aromatic nitrogens is 2. The number of likely N-dealkylation sites (N-methyl/N-ethyl adjacent to an activating group) is 1. The summed E-state index contributed by atoms with van der Waals surface area (Å²) in [5.74, 6) is -0.583. The van der Waals surface area contributed by atoms with E-state index in [-0.39, 0.29) is 18.5 Å². The minimum absolute atomic E-state index is 0.0603. The van der Waals surface area contributed by atoms with Crippen molar-refractivity contribution in [3.63, 3.8) is 0 Å². The molecular formula is C16H28N4O3. The zero-order chi connectivity index (χ0) is 17.6. The summed E-state index contributed by atoms with van der Waals surface area (Å²) in [6, 6.07) is 1.39. The van der Waals surface area contributed by atoms with Gasteiger partial charge in [-0.3, -0.25) is 9.48 Å². The molecule has 7 nitrogen and oxygen atoms in total. The molecule has 0 saturated heterocycles. The van der Waals surface area contributed by atoms with Crippen molar-refractivity contribution in [3.8, 4) is 0 Å². The van der Waals surface area contributed by atoms with E-state index in [1.54, 1.807) is 11.9 Å². The van der Waals surface area contributed by atoms with E-state index in [0.717, 1.165) is 11.4 Å². The zero-order valence-electron chi connectivity index (χ0n) is 14.7. The summed E-state index contributed by atoms with van der Waals surface area (Å²) in [6.07, 6.45) is 0.582. The van der Waals surface area contributed by atoms with E-state index in [2.05, 4.69) is 10.4 Å². The fourth-order valence-electron chi connectivity index (χ4n) is 2.51. The van der Waals surface area contributed by atoms with Gasteiger partial charge in [-0.05, 0) is 32.3 Å². The van der Waals surface area contributed by atoms with Crippen LogP contribution in [-0.2, 0) is 11.3 Å². The third-order valence-electron chi connectivity index (χ3n) is 3.60. The Hall–Kier alpha value is -2.05. The van der Waals surface area contributed by atoms with Crippen LogP contribution in [0.5, 0.6) is 0 Å². The van der Waals surface area contributed by atoms with Crippen LogP contribution >= 0.6 is 0 Å². The number of aliphatic carboxylic acids is 1. The van der Waals surface area contributed by atoms with Gasteiger partial charge in [0.25, 0.3) is 0 Å². The van der Waals surface area contributed by atoms with Crippen LogP contribution < -0.4 is 5.32 Å². The molecule has 2 N–H and O–H groups in total. The van der Waals surface area contributed by atoms with Gasteiger partial charge in [-0.25, -0.2) is 4.79 Å². The molecule has 0 radical (unpaired) electrons. The van der Waals surface area contributed by atoms with Crippen LogP contribution in [0, 0.1) is 19.8 Å². The smallest absolute Gasteiger partial charge is 0.317 e. The summed E-state index contributed by atoms with van der Waals surface area (Å²) >= 11 is 0. The molecule has 1 aromatic rings. The van der Waals surface area contributed by atoms with Crippen LogP contribution in [0.1, 0.15) is 38.1 Å². The maximum Gasteiger partial charge on any atom is 0.317 e. The molecule has 0 aromatic carbocycles. The Morgan fingerprint density at radius 2 is 2.04 bits per heavy atom. The monoisotopic (exact) mass is 324 g/mol. The summed E-state index contributed by atoms with van der Waals surface area (Å²) in [5, 5.41) is 16.1. The number of hydrogen-bond donors (Lipinski definition) is 2. The van der Waals surface area contributed by atoms with E-state index in [9.17, 15) is 9.59 Å². The van der Waals surface area contributed by atoms with Crippen LogP contribution in [0.25, 0.3) is 0 Å². The van der Waals surface area contributed by atoms with Crippen LogP contribution in [0.4, 0.5) is 4.79 Å². The second kappa shape index (κ2) is 8.55. The SMILES string of the molecule is Cc1cc(C)n(CCN(C)C(=O)NC(CC(=O)O)CC(C)C)n1. The molecule has 1 unspecified atom stereocenters. The number of carboxylic acid groups (broad SMARTS) is 1. The summed E-state index contributed by atoms with van der Waals surface area (Å²) < 4.78 is 1.86. The molecule has 1 rings (SSSR count). The van der Waals surface area contributed by atoms with Crippen molar-refractivity contribution in [3.05, 3.63) is 17.5 Å². The molecule has 0 saturated carbocycles. The van der Waals surface area contributed by atoms with Crippen molar-refractivity contribution in [1.29, 1.82) is 0 Å². The molecule has 1 aromatic heterocycles. The first-order valence-corrected chi connectivity index (χ1v) is 7.93. The van der Waals surface area contributed by atoms with Crippen molar-refractivity contribution in [1.82, 2.24) is 20.0 Å². The lowest BCUT2D eigenvalue weighted by Crippen LogP contribution is -2.45. The maximum atomic E-state index is 12.2. The van der Waals surface area contributed by atoms with Gasteiger partial charge in [0.1, 0.15) is 0 Å². The van der Waals surface area contributed by atoms with Crippen molar-refractivity contribution >= 4 is 12.0 Å². The highest BCUT2D eigenvalue weighted by molar-refractivity contribution is 5.75. The van der Waals surface area contributed by atoms with Crippen LogP contribution in [0.2, 0.25) is 0 Å². The van der Waals surface area contributed by atoms with Crippen LogP contribution in [0.15, 0.2) is 6.07 Å². The number of carbonyl (C=O) groups is 2. The first-order chi connectivity index (χ1) is 10.7. The maximum absolute atomic E-state index is 12.2. The molecule has 0 fully saturated rings. The van der Waals surface area contributed by atoms with E-state index >= 15 is 0 Å². The Balaban J connectivity index is 2.53. The van der Waals surface area contributed by atoms with Gasteiger partial charge in [-0.2, -0.15) is 5.10 Å². The number of carboxylic acids is 1. The molecule has 7 heteroatoms. The van der Waals surface area contributed by atoms with Gasteiger partial charge in [0, 0.05) is 25.3 Å². The predicted molar refractivity (Wildman–Crippen MR) is 88.4 cm³/mol. The minimum Gasteiger partial charge on any atom is -0.481 e. The number of aryl methyl sites for hydroxylation is 2. The third-order valence-corrected chi connectivity index (χ3v) is 3.60. The fourth-order valence-corrected chi connectivity index (χ4v) is 2.51. The van der Waals surface area contributed by atoms with E-state index < -0.39 is 5.97 Å². The van der Waals surface area contributed by atoms with Gasteiger partial charge >= 0.3 is 12.0 Å². The van der Waals surface area contributed by atoms with Crippen molar-refractivity contribution in [2.24, 2.45) is 5.92 Å². The van der Waals surface area contributed by atoms with Crippen molar-refractivity contribution in [2.75, 3.05) is 13.6 Å². The molecule has 130 valence electrons. The molecule has 0 aliphatic rings. The predicted octanol–water partition coefficient (Wildman–Crippen LogP) is 2.03. The number of nitrogens with zero attached hydrogens (tertiary/aromatic N) is 3. The lowest BCUT2D eigenvalue weighted by Gasteiger charge is -2.24. The largest absolute Gasteiger partial charge is 0.481 e. The standard InChI is InChI=1S/C16H28N4O3/c1-11(2)8-14(10-15(21)22)17-16(23)19(5)6-7-20-13(4)9-12(3)18-20/h9,11,14H,6-8,10H2,1-5H3,(H,17,23)(H,21,22). The molecular weight excluding hydrogens is 296 g/mol. The molecule has 0 aliphatic heterocycles. The normalized spacial score (nSPS) is 12.3. The van der Waals surface area contributed by atoms with Crippen LogP contribution in [0.3, 0.4) is 0 Å². The lowest BCUT2D eigenvalue weighted by molar-refractivity contribution is -0.137. The highest BCUT2D eigenvalue weighted by atomic mass is 16.4. The molecule has 23 heavy (non-hydrogen) atoms. The molecule has 0 bridgehead atoms. The average Bonchev–Trinajstić information content (AvgIpc) is 2.72. The van der Waals surface area contributed by atoms with E-state index in [1.807, 2.05) is 38.4 Å². The number of carbonyl (C=O) groups excluding carboxylic acids is 1. The number of nitrogens with one attached hydrogen (secondary N) is 1. The molecule has 1 heterocycles. The van der Waals surface area contributed by atoms with Crippen LogP contribution in [-0.4, -0.2) is 51.4 Å². The number of hydrogen-bond acceptors (Lipinski definition) is 3. The lowest BCUT2D eigenvalue weighted by atomic mass is 10.0. The number of urea groups is 1.